The SMILES string of the molecule is C[C@H](CCOc1cccc(C(C)(C)C(=O)O)c1)NCC(Cc1cccc(C(F)(F)F)c1Cl)(c1ccccc1)c1ccccc1. The number of halogens is 4. The molecule has 2 N–H and O–H groups in total. The van der Waals surface area contributed by atoms with E-state index in [9.17, 15) is 23.1 Å². The van der Waals surface area contributed by atoms with Crippen LogP contribution in [-0.2, 0) is 28.2 Å². The Morgan fingerprint density at radius 2 is 1.43 bits per heavy atom. The summed E-state index contributed by atoms with van der Waals surface area (Å²) in [4.78, 5) is 11.7. The maximum absolute atomic E-state index is 13.8. The number of carbonyl (C=O) groups is 1. The molecule has 0 saturated heterocycles. The first kappa shape index (κ1) is 33.1. The minimum Gasteiger partial charge on any atom is -0.494 e. The van der Waals surface area contributed by atoms with Crippen LogP contribution in [0.3, 0.4) is 0 Å². The van der Waals surface area contributed by atoms with Gasteiger partial charge in [0, 0.05) is 18.0 Å². The van der Waals surface area contributed by atoms with E-state index < -0.39 is 28.5 Å². The van der Waals surface area contributed by atoms with Crippen molar-refractivity contribution in [2.24, 2.45) is 0 Å². The minimum atomic E-state index is -4.56. The highest BCUT2D eigenvalue weighted by atomic mass is 35.5. The second-order valence-corrected chi connectivity index (χ2v) is 12.0. The molecule has 0 unspecified atom stereocenters. The molecule has 0 aliphatic carbocycles. The van der Waals surface area contributed by atoms with Crippen LogP contribution < -0.4 is 10.1 Å². The maximum atomic E-state index is 13.8. The van der Waals surface area contributed by atoms with Crippen molar-refractivity contribution in [1.29, 1.82) is 0 Å². The summed E-state index contributed by atoms with van der Waals surface area (Å²) in [6.45, 7) is 6.15. The molecular weight excluding hydrogens is 587 g/mol. The van der Waals surface area contributed by atoms with E-state index in [2.05, 4.69) is 5.32 Å². The zero-order valence-electron chi connectivity index (χ0n) is 25.0. The number of carboxylic acids is 1. The number of benzene rings is 4. The van der Waals surface area contributed by atoms with Crippen molar-refractivity contribution < 1.29 is 27.8 Å². The number of rotatable bonds is 13. The summed E-state index contributed by atoms with van der Waals surface area (Å²) in [7, 11) is 0. The topological polar surface area (TPSA) is 58.6 Å². The molecule has 1 atom stereocenters. The first-order chi connectivity index (χ1) is 20.8. The van der Waals surface area contributed by atoms with Gasteiger partial charge in [-0.15, -0.1) is 0 Å². The monoisotopic (exact) mass is 623 g/mol. The molecule has 0 bridgehead atoms. The van der Waals surface area contributed by atoms with Crippen molar-refractivity contribution in [2.45, 2.75) is 56.7 Å². The summed E-state index contributed by atoms with van der Waals surface area (Å²) in [5.41, 5.74) is 0.341. The van der Waals surface area contributed by atoms with Crippen LogP contribution in [0.1, 0.15) is 55.0 Å². The van der Waals surface area contributed by atoms with E-state index in [0.717, 1.165) is 17.2 Å². The van der Waals surface area contributed by atoms with E-state index in [1.54, 1.807) is 44.2 Å². The fourth-order valence-electron chi connectivity index (χ4n) is 5.31. The van der Waals surface area contributed by atoms with Crippen molar-refractivity contribution in [1.82, 2.24) is 5.32 Å². The molecule has 0 aliphatic rings. The van der Waals surface area contributed by atoms with Gasteiger partial charge >= 0.3 is 12.1 Å². The van der Waals surface area contributed by atoms with Gasteiger partial charge in [-0.2, -0.15) is 13.2 Å². The van der Waals surface area contributed by atoms with Gasteiger partial charge in [-0.3, -0.25) is 4.79 Å². The van der Waals surface area contributed by atoms with Gasteiger partial charge in [0.1, 0.15) is 5.75 Å². The van der Waals surface area contributed by atoms with Gasteiger partial charge in [-0.25, -0.2) is 0 Å². The third kappa shape index (κ3) is 7.63. The lowest BCUT2D eigenvalue weighted by Crippen LogP contribution is -2.44. The molecule has 0 fully saturated rings. The molecule has 4 rings (SSSR count). The fourth-order valence-corrected chi connectivity index (χ4v) is 5.61. The van der Waals surface area contributed by atoms with Crippen LogP contribution in [0, 0.1) is 0 Å². The van der Waals surface area contributed by atoms with E-state index in [-0.39, 0.29) is 17.5 Å². The largest absolute Gasteiger partial charge is 0.494 e. The second kappa shape index (κ2) is 13.9. The molecular formula is C36H37ClF3NO3. The molecule has 0 saturated carbocycles. The Balaban J connectivity index is 1.58. The smallest absolute Gasteiger partial charge is 0.417 e. The van der Waals surface area contributed by atoms with Gasteiger partial charge in [-0.1, -0.05) is 96.5 Å². The average molecular weight is 624 g/mol. The minimum absolute atomic E-state index is 0.0163. The summed E-state index contributed by atoms with van der Waals surface area (Å²) in [6.07, 6.45) is -3.69. The number of ether oxygens (including phenoxy) is 1. The Hall–Kier alpha value is -3.81. The van der Waals surface area contributed by atoms with Gasteiger partial charge in [0.05, 0.1) is 22.6 Å². The zero-order chi connectivity index (χ0) is 32.0. The Morgan fingerprint density at radius 1 is 0.864 bits per heavy atom. The standard InChI is InChI=1S/C36H37ClF3NO3/c1-25(20-21-44-30-18-11-17-29(22-30)34(2,3)33(42)43)41-24-35(27-13-6-4-7-14-27,28-15-8-5-9-16-28)23-26-12-10-19-31(32(26)37)36(38,39)40/h4-19,22,25,41H,20-21,23-24H2,1-3H3,(H,42,43)/t25-/m1/s1. The van der Waals surface area contributed by atoms with Crippen molar-refractivity contribution in [3.8, 4) is 5.75 Å². The summed E-state index contributed by atoms with van der Waals surface area (Å²) in [5.74, 6) is -0.328. The quantitative estimate of drug-likeness (QED) is 0.156. The van der Waals surface area contributed by atoms with Crippen molar-refractivity contribution in [3.63, 3.8) is 0 Å². The molecule has 0 spiro atoms. The summed E-state index contributed by atoms with van der Waals surface area (Å²) in [5, 5.41) is 12.9. The first-order valence-corrected chi connectivity index (χ1v) is 14.9. The van der Waals surface area contributed by atoms with Gasteiger partial charge in [0.15, 0.2) is 0 Å². The van der Waals surface area contributed by atoms with E-state index in [1.807, 2.05) is 67.6 Å². The Labute approximate surface area is 261 Å². The van der Waals surface area contributed by atoms with Gasteiger partial charge in [0.25, 0.3) is 0 Å². The fraction of sp³-hybridized carbons (Fsp3) is 0.306. The van der Waals surface area contributed by atoms with E-state index >= 15 is 0 Å². The molecule has 8 heteroatoms. The predicted octanol–water partition coefficient (Wildman–Crippen LogP) is 8.70. The van der Waals surface area contributed by atoms with Crippen LogP contribution in [-0.4, -0.2) is 30.3 Å². The first-order valence-electron chi connectivity index (χ1n) is 14.5. The van der Waals surface area contributed by atoms with Crippen molar-refractivity contribution in [2.75, 3.05) is 13.2 Å². The second-order valence-electron chi connectivity index (χ2n) is 11.6. The molecule has 4 nitrogen and oxygen atoms in total. The average Bonchev–Trinajstić information content (AvgIpc) is 3.00. The Kier molecular flexibility index (Phi) is 10.4. The lowest BCUT2D eigenvalue weighted by atomic mass is 9.70. The lowest BCUT2D eigenvalue weighted by molar-refractivity contribution is -0.142. The highest BCUT2D eigenvalue weighted by molar-refractivity contribution is 6.32. The van der Waals surface area contributed by atoms with Gasteiger partial charge < -0.3 is 15.2 Å². The molecule has 232 valence electrons. The number of hydrogen-bond donors (Lipinski definition) is 2. The third-order valence-corrected chi connectivity index (χ3v) is 8.64. The summed E-state index contributed by atoms with van der Waals surface area (Å²) >= 11 is 6.43. The number of hydrogen-bond acceptors (Lipinski definition) is 3. The molecule has 0 aliphatic heterocycles. The van der Waals surface area contributed by atoms with Crippen LogP contribution in [0.25, 0.3) is 0 Å². The predicted molar refractivity (Wildman–Crippen MR) is 169 cm³/mol. The molecule has 44 heavy (non-hydrogen) atoms. The van der Waals surface area contributed by atoms with E-state index in [0.29, 0.717) is 36.4 Å². The van der Waals surface area contributed by atoms with E-state index in [1.165, 1.54) is 6.07 Å². The third-order valence-electron chi connectivity index (χ3n) is 8.19. The zero-order valence-corrected chi connectivity index (χ0v) is 25.8. The maximum Gasteiger partial charge on any atom is 0.417 e. The highest BCUT2D eigenvalue weighted by Crippen LogP contribution is 2.41. The Morgan fingerprint density at radius 3 is 2.00 bits per heavy atom. The van der Waals surface area contributed by atoms with Gasteiger partial charge in [-0.05, 0) is 74.1 Å². The van der Waals surface area contributed by atoms with Crippen LogP contribution in [0.4, 0.5) is 13.2 Å². The van der Waals surface area contributed by atoms with Crippen molar-refractivity contribution in [3.05, 3.63) is 136 Å². The van der Waals surface area contributed by atoms with Crippen LogP contribution in [0.5, 0.6) is 5.75 Å². The molecule has 0 amide bonds. The van der Waals surface area contributed by atoms with Crippen LogP contribution in [0.15, 0.2) is 103 Å². The molecule has 4 aromatic rings. The molecule has 0 heterocycles. The number of alkyl halides is 3. The van der Waals surface area contributed by atoms with E-state index in [4.69, 9.17) is 16.3 Å². The summed E-state index contributed by atoms with van der Waals surface area (Å²) < 4.78 is 47.3. The lowest BCUT2D eigenvalue weighted by Gasteiger charge is -2.37. The number of nitrogens with one attached hydrogen (secondary N) is 1. The number of carboxylic acid groups (broad SMARTS) is 1. The van der Waals surface area contributed by atoms with Crippen LogP contribution in [0.2, 0.25) is 5.02 Å². The number of aliphatic carboxylic acids is 1. The highest BCUT2D eigenvalue weighted by Gasteiger charge is 2.38. The Bertz CT molecular complexity index is 1500. The molecule has 4 aromatic carbocycles. The normalized spacial score (nSPS) is 13.0. The van der Waals surface area contributed by atoms with Crippen LogP contribution >= 0.6 is 11.6 Å². The molecule has 0 radical (unpaired) electrons. The van der Waals surface area contributed by atoms with Gasteiger partial charge in [0.2, 0.25) is 0 Å². The van der Waals surface area contributed by atoms with Crippen molar-refractivity contribution >= 4 is 17.6 Å². The molecule has 0 aromatic heterocycles. The summed E-state index contributed by atoms with van der Waals surface area (Å²) in [6, 6.07) is 30.7.